The largest absolute Gasteiger partial charge is 0.399 e. The molecule has 0 radical (unpaired) electrons. The minimum Gasteiger partial charge on any atom is -0.399 e. The molecule has 0 aliphatic rings. The molecular weight excluding hydrogens is 241 g/mol. The number of alkyl halides is 3. The fourth-order valence-corrected chi connectivity index (χ4v) is 1.75. The van der Waals surface area contributed by atoms with Crippen molar-refractivity contribution in [3.8, 4) is 0 Å². The van der Waals surface area contributed by atoms with Crippen LogP contribution in [-0.2, 0) is 6.54 Å². The average molecular weight is 260 g/mol. The average Bonchev–Trinajstić information content (AvgIpc) is 2.28. The van der Waals surface area contributed by atoms with Gasteiger partial charge in [0, 0.05) is 18.8 Å². The molecule has 5 heteroatoms. The van der Waals surface area contributed by atoms with Crippen molar-refractivity contribution in [2.75, 3.05) is 18.8 Å². The van der Waals surface area contributed by atoms with Gasteiger partial charge in [-0.25, -0.2) is 0 Å². The van der Waals surface area contributed by atoms with E-state index in [-0.39, 0.29) is 6.54 Å². The molecule has 0 saturated heterocycles. The number of nitrogens with zero attached hydrogens (tertiary/aromatic N) is 1. The molecule has 1 aromatic rings. The quantitative estimate of drug-likeness (QED) is 0.794. The van der Waals surface area contributed by atoms with Crippen LogP contribution in [0.25, 0.3) is 0 Å². The second-order valence-corrected chi connectivity index (χ2v) is 4.38. The molecule has 0 bridgehead atoms. The Hall–Kier alpha value is -1.23. The van der Waals surface area contributed by atoms with Crippen molar-refractivity contribution in [3.63, 3.8) is 0 Å². The van der Waals surface area contributed by atoms with E-state index in [0.29, 0.717) is 18.8 Å². The molecule has 102 valence electrons. The summed E-state index contributed by atoms with van der Waals surface area (Å²) >= 11 is 0. The van der Waals surface area contributed by atoms with Crippen molar-refractivity contribution in [2.24, 2.45) is 0 Å². The summed E-state index contributed by atoms with van der Waals surface area (Å²) in [5, 5.41) is 0. The fourth-order valence-electron chi connectivity index (χ4n) is 1.75. The fraction of sp³-hybridized carbons (Fsp3) is 0.538. The molecule has 2 nitrogen and oxygen atoms in total. The van der Waals surface area contributed by atoms with Crippen LogP contribution in [0.15, 0.2) is 24.3 Å². The molecule has 0 aliphatic heterocycles. The van der Waals surface area contributed by atoms with Gasteiger partial charge in [-0.15, -0.1) is 0 Å². The van der Waals surface area contributed by atoms with Crippen LogP contribution in [0, 0.1) is 0 Å². The lowest BCUT2D eigenvalue weighted by Crippen LogP contribution is -2.28. The van der Waals surface area contributed by atoms with Gasteiger partial charge in [0.25, 0.3) is 0 Å². The van der Waals surface area contributed by atoms with Crippen molar-refractivity contribution >= 4 is 5.69 Å². The Kier molecular flexibility index (Phi) is 5.47. The summed E-state index contributed by atoms with van der Waals surface area (Å²) < 4.78 is 36.6. The van der Waals surface area contributed by atoms with Crippen LogP contribution < -0.4 is 5.73 Å². The molecule has 0 aromatic heterocycles. The van der Waals surface area contributed by atoms with Crippen molar-refractivity contribution < 1.29 is 13.2 Å². The predicted octanol–water partition coefficient (Wildman–Crippen LogP) is 3.43. The van der Waals surface area contributed by atoms with E-state index in [9.17, 15) is 13.2 Å². The second kappa shape index (κ2) is 6.64. The molecular formula is C13H19F3N2. The number of nitrogen functional groups attached to an aromatic ring is 1. The third-order valence-corrected chi connectivity index (χ3v) is 2.64. The molecule has 18 heavy (non-hydrogen) atoms. The van der Waals surface area contributed by atoms with Crippen LogP contribution in [-0.4, -0.2) is 24.2 Å². The Balaban J connectivity index is 2.54. The van der Waals surface area contributed by atoms with Crippen LogP contribution in [0.5, 0.6) is 0 Å². The van der Waals surface area contributed by atoms with Gasteiger partial charge in [-0.05, 0) is 30.7 Å². The molecule has 0 spiro atoms. The number of hydrogen-bond acceptors (Lipinski definition) is 2. The molecule has 0 amide bonds. The lowest BCUT2D eigenvalue weighted by atomic mass is 10.2. The van der Waals surface area contributed by atoms with E-state index in [0.717, 1.165) is 12.0 Å². The predicted molar refractivity (Wildman–Crippen MR) is 67.1 cm³/mol. The zero-order valence-electron chi connectivity index (χ0n) is 10.5. The van der Waals surface area contributed by atoms with Crippen molar-refractivity contribution in [3.05, 3.63) is 29.8 Å². The van der Waals surface area contributed by atoms with E-state index in [2.05, 4.69) is 0 Å². The van der Waals surface area contributed by atoms with E-state index in [1.54, 1.807) is 12.1 Å². The van der Waals surface area contributed by atoms with Gasteiger partial charge in [0.15, 0.2) is 0 Å². The molecule has 0 fully saturated rings. The summed E-state index contributed by atoms with van der Waals surface area (Å²) in [5.41, 5.74) is 7.22. The van der Waals surface area contributed by atoms with Crippen LogP contribution in [0.1, 0.15) is 25.3 Å². The molecule has 1 rings (SSSR count). The van der Waals surface area contributed by atoms with E-state index < -0.39 is 12.6 Å². The third kappa shape index (κ3) is 5.91. The van der Waals surface area contributed by atoms with Gasteiger partial charge in [0.2, 0.25) is 0 Å². The first-order valence-corrected chi connectivity index (χ1v) is 6.04. The van der Waals surface area contributed by atoms with E-state index in [1.807, 2.05) is 24.0 Å². The smallest absolute Gasteiger partial charge is 0.390 e. The highest BCUT2D eigenvalue weighted by Gasteiger charge is 2.27. The molecule has 0 saturated carbocycles. The Morgan fingerprint density at radius 1 is 1.11 bits per heavy atom. The van der Waals surface area contributed by atoms with Crippen LogP contribution in [0.2, 0.25) is 0 Å². The van der Waals surface area contributed by atoms with Crippen LogP contribution in [0.3, 0.4) is 0 Å². The van der Waals surface area contributed by atoms with Crippen molar-refractivity contribution in [1.82, 2.24) is 4.90 Å². The maximum atomic E-state index is 12.2. The van der Waals surface area contributed by atoms with Gasteiger partial charge in [-0.1, -0.05) is 19.1 Å². The number of anilines is 1. The normalized spacial score (nSPS) is 12.1. The Bertz CT molecular complexity index is 346. The molecule has 0 heterocycles. The lowest BCUT2D eigenvalue weighted by Gasteiger charge is -2.22. The summed E-state index contributed by atoms with van der Waals surface area (Å²) in [6.07, 6.45) is -4.01. The Morgan fingerprint density at radius 3 is 2.22 bits per heavy atom. The SMILES string of the molecule is CCCN(CCC(F)(F)F)Cc1ccc(N)cc1. The van der Waals surface area contributed by atoms with Crippen molar-refractivity contribution in [2.45, 2.75) is 32.5 Å². The summed E-state index contributed by atoms with van der Waals surface area (Å²) in [6.45, 7) is 3.20. The highest BCUT2D eigenvalue weighted by molar-refractivity contribution is 5.39. The standard InChI is InChI=1S/C13H19F3N2/c1-2-8-18(9-7-13(14,15)16)10-11-3-5-12(17)6-4-11/h3-6H,2,7-10,17H2,1H3. The summed E-state index contributed by atoms with van der Waals surface area (Å²) in [7, 11) is 0. The Labute approximate surface area is 106 Å². The number of halogens is 3. The first-order valence-electron chi connectivity index (χ1n) is 6.04. The minimum atomic E-state index is -4.09. The number of hydrogen-bond donors (Lipinski definition) is 1. The van der Waals surface area contributed by atoms with Gasteiger partial charge in [0.1, 0.15) is 0 Å². The first-order chi connectivity index (χ1) is 8.40. The minimum absolute atomic E-state index is 0.0434. The summed E-state index contributed by atoms with van der Waals surface area (Å²) in [4.78, 5) is 1.82. The summed E-state index contributed by atoms with van der Waals surface area (Å²) in [5.74, 6) is 0. The summed E-state index contributed by atoms with van der Waals surface area (Å²) in [6, 6.07) is 7.24. The van der Waals surface area contributed by atoms with Gasteiger partial charge >= 0.3 is 6.18 Å². The van der Waals surface area contributed by atoms with Gasteiger partial charge in [-0.3, -0.25) is 4.90 Å². The number of benzene rings is 1. The molecule has 0 atom stereocenters. The molecule has 2 N–H and O–H groups in total. The van der Waals surface area contributed by atoms with E-state index in [1.165, 1.54) is 0 Å². The lowest BCUT2D eigenvalue weighted by molar-refractivity contribution is -0.138. The monoisotopic (exact) mass is 260 g/mol. The topological polar surface area (TPSA) is 29.3 Å². The molecule has 1 aromatic carbocycles. The third-order valence-electron chi connectivity index (χ3n) is 2.64. The van der Waals surface area contributed by atoms with Gasteiger partial charge < -0.3 is 5.73 Å². The molecule has 0 unspecified atom stereocenters. The van der Waals surface area contributed by atoms with E-state index >= 15 is 0 Å². The zero-order valence-corrected chi connectivity index (χ0v) is 10.5. The molecule has 0 aliphatic carbocycles. The maximum absolute atomic E-state index is 12.2. The highest BCUT2D eigenvalue weighted by atomic mass is 19.4. The van der Waals surface area contributed by atoms with E-state index in [4.69, 9.17) is 5.73 Å². The second-order valence-electron chi connectivity index (χ2n) is 4.38. The number of nitrogens with two attached hydrogens (primary N) is 1. The maximum Gasteiger partial charge on any atom is 0.390 e. The Morgan fingerprint density at radius 2 is 1.72 bits per heavy atom. The van der Waals surface area contributed by atoms with Gasteiger partial charge in [-0.2, -0.15) is 13.2 Å². The van der Waals surface area contributed by atoms with Gasteiger partial charge in [0.05, 0.1) is 6.42 Å². The van der Waals surface area contributed by atoms with Crippen molar-refractivity contribution in [1.29, 1.82) is 0 Å². The number of rotatable bonds is 6. The zero-order chi connectivity index (χ0) is 13.6. The first kappa shape index (κ1) is 14.8. The van der Waals surface area contributed by atoms with Crippen LogP contribution >= 0.6 is 0 Å². The van der Waals surface area contributed by atoms with Crippen LogP contribution in [0.4, 0.5) is 18.9 Å². The highest BCUT2D eigenvalue weighted by Crippen LogP contribution is 2.20.